The fourth-order valence-corrected chi connectivity index (χ4v) is 4.62. The number of aryl methyl sites for hydroxylation is 1. The van der Waals surface area contributed by atoms with Crippen molar-refractivity contribution in [2.75, 3.05) is 13.1 Å². The lowest BCUT2D eigenvalue weighted by Gasteiger charge is -2.31. The van der Waals surface area contributed by atoms with Gasteiger partial charge in [0.15, 0.2) is 0 Å². The standard InChI is InChI=1S/C18H28N2O3S/c1-4-6-15(3)19-18(21)16-7-5-12-20(13-16)24(22,23)17-10-8-14(2)9-11-17/h8-11,15-16H,4-7,12-13H2,1-3H3,(H,19,21)/t15-,16+/m1/s1. The zero-order valence-electron chi connectivity index (χ0n) is 14.8. The van der Waals surface area contributed by atoms with Crippen LogP contribution in [0.3, 0.4) is 0 Å². The zero-order chi connectivity index (χ0) is 17.7. The molecule has 1 aromatic carbocycles. The van der Waals surface area contributed by atoms with E-state index >= 15 is 0 Å². The molecule has 134 valence electrons. The molecule has 0 radical (unpaired) electrons. The summed E-state index contributed by atoms with van der Waals surface area (Å²) >= 11 is 0. The molecular formula is C18H28N2O3S. The molecule has 1 fully saturated rings. The Morgan fingerprint density at radius 3 is 2.62 bits per heavy atom. The number of nitrogens with one attached hydrogen (secondary N) is 1. The summed E-state index contributed by atoms with van der Waals surface area (Å²) in [5, 5.41) is 3.01. The van der Waals surface area contributed by atoms with Crippen molar-refractivity contribution in [3.63, 3.8) is 0 Å². The minimum atomic E-state index is -3.53. The van der Waals surface area contributed by atoms with Crippen molar-refractivity contribution in [2.45, 2.75) is 57.4 Å². The summed E-state index contributed by atoms with van der Waals surface area (Å²) in [5.74, 6) is -0.293. The third-order valence-electron chi connectivity index (χ3n) is 4.52. The van der Waals surface area contributed by atoms with E-state index in [-0.39, 0.29) is 24.4 Å². The van der Waals surface area contributed by atoms with Crippen LogP contribution in [0.1, 0.15) is 45.1 Å². The highest BCUT2D eigenvalue weighted by atomic mass is 32.2. The van der Waals surface area contributed by atoms with Gasteiger partial charge in [-0.15, -0.1) is 0 Å². The molecule has 0 spiro atoms. The molecule has 1 aliphatic heterocycles. The lowest BCUT2D eigenvalue weighted by atomic mass is 9.98. The fraction of sp³-hybridized carbons (Fsp3) is 0.611. The first kappa shape index (κ1) is 18.9. The van der Waals surface area contributed by atoms with Gasteiger partial charge in [0.25, 0.3) is 0 Å². The van der Waals surface area contributed by atoms with Crippen LogP contribution in [0.2, 0.25) is 0 Å². The normalized spacial score (nSPS) is 20.5. The zero-order valence-corrected chi connectivity index (χ0v) is 15.6. The van der Waals surface area contributed by atoms with Crippen LogP contribution in [0.5, 0.6) is 0 Å². The lowest BCUT2D eigenvalue weighted by molar-refractivity contribution is -0.126. The van der Waals surface area contributed by atoms with E-state index in [4.69, 9.17) is 0 Å². The highest BCUT2D eigenvalue weighted by molar-refractivity contribution is 7.89. The molecule has 1 N–H and O–H groups in total. The number of piperidine rings is 1. The lowest BCUT2D eigenvalue weighted by Crippen LogP contribution is -2.47. The molecule has 1 aliphatic rings. The number of sulfonamides is 1. The van der Waals surface area contributed by atoms with Gasteiger partial charge in [-0.1, -0.05) is 31.0 Å². The van der Waals surface area contributed by atoms with Crippen LogP contribution in [0.15, 0.2) is 29.2 Å². The molecule has 5 nitrogen and oxygen atoms in total. The van der Waals surface area contributed by atoms with Gasteiger partial charge in [-0.25, -0.2) is 8.42 Å². The maximum absolute atomic E-state index is 12.8. The number of carbonyl (C=O) groups is 1. The van der Waals surface area contributed by atoms with Gasteiger partial charge in [-0.3, -0.25) is 4.79 Å². The second-order valence-corrected chi connectivity index (χ2v) is 8.65. The molecule has 1 saturated heterocycles. The molecule has 1 aromatic rings. The van der Waals surface area contributed by atoms with E-state index in [9.17, 15) is 13.2 Å². The maximum Gasteiger partial charge on any atom is 0.243 e. The average Bonchev–Trinajstić information content (AvgIpc) is 2.55. The van der Waals surface area contributed by atoms with Gasteiger partial charge in [0, 0.05) is 19.1 Å². The third-order valence-corrected chi connectivity index (χ3v) is 6.40. The summed E-state index contributed by atoms with van der Waals surface area (Å²) in [6.45, 7) is 6.74. The predicted octanol–water partition coefficient (Wildman–Crippen LogP) is 2.70. The second-order valence-electron chi connectivity index (χ2n) is 6.71. The van der Waals surface area contributed by atoms with Gasteiger partial charge >= 0.3 is 0 Å². The molecule has 1 heterocycles. The first-order valence-electron chi connectivity index (χ1n) is 8.71. The Balaban J connectivity index is 2.07. The molecule has 6 heteroatoms. The van der Waals surface area contributed by atoms with E-state index in [2.05, 4.69) is 12.2 Å². The molecular weight excluding hydrogens is 324 g/mol. The Kier molecular flexibility index (Phi) is 6.40. The summed E-state index contributed by atoms with van der Waals surface area (Å²) in [7, 11) is -3.53. The van der Waals surface area contributed by atoms with Crippen LogP contribution >= 0.6 is 0 Å². The molecule has 0 saturated carbocycles. The first-order valence-corrected chi connectivity index (χ1v) is 10.2. The van der Waals surface area contributed by atoms with Crippen molar-refractivity contribution in [2.24, 2.45) is 5.92 Å². The van der Waals surface area contributed by atoms with E-state index in [1.165, 1.54) is 4.31 Å². The molecule has 2 rings (SSSR count). The molecule has 0 bridgehead atoms. The van der Waals surface area contributed by atoms with Crippen molar-refractivity contribution >= 4 is 15.9 Å². The topological polar surface area (TPSA) is 66.5 Å². The van der Waals surface area contributed by atoms with E-state index in [1.807, 2.05) is 13.8 Å². The monoisotopic (exact) mass is 352 g/mol. The molecule has 24 heavy (non-hydrogen) atoms. The van der Waals surface area contributed by atoms with Gasteiger partial charge in [-0.2, -0.15) is 4.31 Å². The third kappa shape index (κ3) is 4.57. The molecule has 1 amide bonds. The molecule has 0 aliphatic carbocycles. The van der Waals surface area contributed by atoms with Crippen LogP contribution < -0.4 is 5.32 Å². The molecule has 0 unspecified atom stereocenters. The van der Waals surface area contributed by atoms with Gasteiger partial charge in [0.1, 0.15) is 0 Å². The van der Waals surface area contributed by atoms with Gasteiger partial charge in [0.2, 0.25) is 15.9 Å². The largest absolute Gasteiger partial charge is 0.353 e. The van der Waals surface area contributed by atoms with E-state index in [0.717, 1.165) is 24.8 Å². The molecule has 0 aromatic heterocycles. The van der Waals surface area contributed by atoms with Crippen molar-refractivity contribution in [3.05, 3.63) is 29.8 Å². The Labute approximate surface area is 145 Å². The van der Waals surface area contributed by atoms with Crippen LogP contribution in [0.25, 0.3) is 0 Å². The summed E-state index contributed by atoms with van der Waals surface area (Å²) in [6.07, 6.45) is 3.40. The van der Waals surface area contributed by atoms with Crippen LogP contribution in [-0.4, -0.2) is 37.8 Å². The Bertz CT molecular complexity index is 655. The first-order chi connectivity index (χ1) is 11.3. The predicted molar refractivity (Wildman–Crippen MR) is 95.2 cm³/mol. The number of carbonyl (C=O) groups excluding carboxylic acids is 1. The number of benzene rings is 1. The fourth-order valence-electron chi connectivity index (χ4n) is 3.10. The quantitative estimate of drug-likeness (QED) is 0.856. The average molecular weight is 353 g/mol. The second kappa shape index (κ2) is 8.12. The number of amides is 1. The van der Waals surface area contributed by atoms with Gasteiger partial charge in [0.05, 0.1) is 10.8 Å². The van der Waals surface area contributed by atoms with Crippen molar-refractivity contribution in [3.8, 4) is 0 Å². The van der Waals surface area contributed by atoms with Crippen LogP contribution in [0.4, 0.5) is 0 Å². The van der Waals surface area contributed by atoms with E-state index in [1.54, 1.807) is 24.3 Å². The highest BCUT2D eigenvalue weighted by Gasteiger charge is 2.33. The van der Waals surface area contributed by atoms with Crippen LogP contribution in [0, 0.1) is 12.8 Å². The Hall–Kier alpha value is -1.40. The number of hydrogen-bond donors (Lipinski definition) is 1. The minimum absolute atomic E-state index is 0.0280. The molecule has 2 atom stereocenters. The summed E-state index contributed by atoms with van der Waals surface area (Å²) in [4.78, 5) is 12.7. The Morgan fingerprint density at radius 2 is 2.00 bits per heavy atom. The smallest absolute Gasteiger partial charge is 0.243 e. The van der Waals surface area contributed by atoms with Crippen molar-refractivity contribution < 1.29 is 13.2 Å². The van der Waals surface area contributed by atoms with Crippen molar-refractivity contribution in [1.29, 1.82) is 0 Å². The summed E-state index contributed by atoms with van der Waals surface area (Å²) in [5.41, 5.74) is 1.02. The maximum atomic E-state index is 12.8. The van der Waals surface area contributed by atoms with E-state index < -0.39 is 10.0 Å². The Morgan fingerprint density at radius 1 is 1.33 bits per heavy atom. The van der Waals surface area contributed by atoms with Gasteiger partial charge < -0.3 is 5.32 Å². The minimum Gasteiger partial charge on any atom is -0.353 e. The highest BCUT2D eigenvalue weighted by Crippen LogP contribution is 2.24. The number of hydrogen-bond acceptors (Lipinski definition) is 3. The SMILES string of the molecule is CCC[C@@H](C)NC(=O)[C@H]1CCCN(S(=O)(=O)c2ccc(C)cc2)C1. The summed E-state index contributed by atoms with van der Waals surface area (Å²) in [6, 6.07) is 7.00. The summed E-state index contributed by atoms with van der Waals surface area (Å²) < 4.78 is 27.0. The van der Waals surface area contributed by atoms with E-state index in [0.29, 0.717) is 17.9 Å². The van der Waals surface area contributed by atoms with Gasteiger partial charge in [-0.05, 0) is 45.2 Å². The number of nitrogens with zero attached hydrogens (tertiary/aromatic N) is 1. The number of rotatable bonds is 6. The van der Waals surface area contributed by atoms with Crippen molar-refractivity contribution in [1.82, 2.24) is 9.62 Å². The van der Waals surface area contributed by atoms with Crippen LogP contribution in [-0.2, 0) is 14.8 Å².